The summed E-state index contributed by atoms with van der Waals surface area (Å²) in [4.78, 5) is 2.52. The number of hydrogen-bond acceptors (Lipinski definition) is 3. The van der Waals surface area contributed by atoms with E-state index in [4.69, 9.17) is 0 Å². The van der Waals surface area contributed by atoms with Gasteiger partial charge in [0, 0.05) is 5.54 Å². The van der Waals surface area contributed by atoms with E-state index in [0.717, 1.165) is 32.5 Å². The lowest BCUT2D eigenvalue weighted by Crippen LogP contribution is -2.48. The average Bonchev–Trinajstić information content (AvgIpc) is 2.41. The average molecular weight is 258 g/mol. The van der Waals surface area contributed by atoms with Crippen molar-refractivity contribution in [1.82, 2.24) is 10.2 Å². The predicted octanol–water partition coefficient (Wildman–Crippen LogP) is 2.64. The van der Waals surface area contributed by atoms with Crippen molar-refractivity contribution < 1.29 is 5.11 Å². The zero-order valence-electron chi connectivity index (χ0n) is 13.0. The SMILES string of the molecule is CCCCN(CC)CCCC(CC)(CO)NCC. The van der Waals surface area contributed by atoms with Gasteiger partial charge >= 0.3 is 0 Å². The molecule has 2 N–H and O–H groups in total. The van der Waals surface area contributed by atoms with Crippen LogP contribution in [0.15, 0.2) is 0 Å². The highest BCUT2D eigenvalue weighted by molar-refractivity contribution is 4.85. The van der Waals surface area contributed by atoms with Gasteiger partial charge in [-0.3, -0.25) is 0 Å². The summed E-state index contributed by atoms with van der Waals surface area (Å²) in [6, 6.07) is 0. The number of nitrogens with one attached hydrogen (secondary N) is 1. The molecule has 3 nitrogen and oxygen atoms in total. The van der Waals surface area contributed by atoms with Gasteiger partial charge in [0.2, 0.25) is 0 Å². The summed E-state index contributed by atoms with van der Waals surface area (Å²) in [5, 5.41) is 13.1. The first-order chi connectivity index (χ1) is 8.67. The molecule has 0 rings (SSSR count). The number of likely N-dealkylation sites (N-methyl/N-ethyl adjacent to an activating group) is 1. The molecule has 1 atom stereocenters. The van der Waals surface area contributed by atoms with Crippen LogP contribution in [0.4, 0.5) is 0 Å². The number of hydrogen-bond donors (Lipinski definition) is 2. The fraction of sp³-hybridized carbons (Fsp3) is 1.00. The smallest absolute Gasteiger partial charge is 0.0613 e. The molecule has 0 aromatic carbocycles. The van der Waals surface area contributed by atoms with Crippen LogP contribution < -0.4 is 5.32 Å². The van der Waals surface area contributed by atoms with E-state index < -0.39 is 0 Å². The van der Waals surface area contributed by atoms with Crippen molar-refractivity contribution in [2.24, 2.45) is 0 Å². The third-order valence-electron chi connectivity index (χ3n) is 3.94. The monoisotopic (exact) mass is 258 g/mol. The second-order valence-corrected chi connectivity index (χ2v) is 5.21. The van der Waals surface area contributed by atoms with Crippen molar-refractivity contribution >= 4 is 0 Å². The van der Waals surface area contributed by atoms with E-state index in [1.165, 1.54) is 25.8 Å². The molecule has 0 bridgehead atoms. The maximum atomic E-state index is 9.60. The first-order valence-corrected chi connectivity index (χ1v) is 7.76. The number of rotatable bonds is 12. The minimum absolute atomic E-state index is 0.0566. The molecular formula is C15H34N2O. The van der Waals surface area contributed by atoms with Crippen LogP contribution in [0.25, 0.3) is 0 Å². The Kier molecular flexibility index (Phi) is 10.7. The van der Waals surface area contributed by atoms with Gasteiger partial charge in [0.1, 0.15) is 0 Å². The maximum absolute atomic E-state index is 9.60. The topological polar surface area (TPSA) is 35.5 Å². The van der Waals surface area contributed by atoms with Crippen LogP contribution in [-0.4, -0.2) is 48.3 Å². The van der Waals surface area contributed by atoms with Gasteiger partial charge in [0.15, 0.2) is 0 Å². The molecule has 0 radical (unpaired) electrons. The first kappa shape index (κ1) is 17.9. The van der Waals surface area contributed by atoms with E-state index in [-0.39, 0.29) is 12.1 Å². The first-order valence-electron chi connectivity index (χ1n) is 7.76. The van der Waals surface area contributed by atoms with Crippen molar-refractivity contribution in [2.45, 2.75) is 65.3 Å². The van der Waals surface area contributed by atoms with Gasteiger partial charge in [-0.05, 0) is 51.9 Å². The molecule has 110 valence electrons. The molecular weight excluding hydrogens is 224 g/mol. The van der Waals surface area contributed by atoms with E-state index >= 15 is 0 Å². The Hall–Kier alpha value is -0.120. The maximum Gasteiger partial charge on any atom is 0.0613 e. The number of aliphatic hydroxyl groups excluding tert-OH is 1. The second-order valence-electron chi connectivity index (χ2n) is 5.21. The Balaban J connectivity index is 4.02. The Morgan fingerprint density at radius 1 is 1.06 bits per heavy atom. The molecule has 18 heavy (non-hydrogen) atoms. The van der Waals surface area contributed by atoms with Crippen LogP contribution in [0.1, 0.15) is 59.8 Å². The molecule has 0 saturated carbocycles. The Labute approximate surface area is 114 Å². The van der Waals surface area contributed by atoms with Crippen LogP contribution in [0, 0.1) is 0 Å². The third kappa shape index (κ3) is 6.72. The highest BCUT2D eigenvalue weighted by Gasteiger charge is 2.25. The van der Waals surface area contributed by atoms with Crippen molar-refractivity contribution in [1.29, 1.82) is 0 Å². The van der Waals surface area contributed by atoms with Gasteiger partial charge in [-0.15, -0.1) is 0 Å². The molecule has 0 aromatic heterocycles. The summed E-state index contributed by atoms with van der Waals surface area (Å²) in [7, 11) is 0. The van der Waals surface area contributed by atoms with Crippen LogP contribution in [0.2, 0.25) is 0 Å². The summed E-state index contributed by atoms with van der Waals surface area (Å²) in [6.07, 6.45) is 5.79. The van der Waals surface area contributed by atoms with Gasteiger partial charge < -0.3 is 15.3 Å². The normalized spacial score (nSPS) is 15.0. The molecule has 0 amide bonds. The van der Waals surface area contributed by atoms with E-state index in [0.29, 0.717) is 0 Å². The molecule has 0 aliphatic carbocycles. The molecule has 0 aromatic rings. The van der Waals surface area contributed by atoms with Gasteiger partial charge in [-0.25, -0.2) is 0 Å². The zero-order chi connectivity index (χ0) is 13.9. The quantitative estimate of drug-likeness (QED) is 0.565. The molecule has 3 heteroatoms. The zero-order valence-corrected chi connectivity index (χ0v) is 13.0. The molecule has 0 aliphatic heterocycles. The Bertz CT molecular complexity index is 181. The summed E-state index contributed by atoms with van der Waals surface area (Å²) in [5.41, 5.74) is -0.0566. The lowest BCUT2D eigenvalue weighted by Gasteiger charge is -2.32. The van der Waals surface area contributed by atoms with Crippen LogP contribution in [-0.2, 0) is 0 Å². The molecule has 0 spiro atoms. The van der Waals surface area contributed by atoms with E-state index in [9.17, 15) is 5.11 Å². The largest absolute Gasteiger partial charge is 0.394 e. The molecule has 1 unspecified atom stereocenters. The van der Waals surface area contributed by atoms with Crippen molar-refractivity contribution in [3.63, 3.8) is 0 Å². The predicted molar refractivity (Wildman–Crippen MR) is 80.0 cm³/mol. The lowest BCUT2D eigenvalue weighted by atomic mass is 9.91. The Morgan fingerprint density at radius 2 is 1.72 bits per heavy atom. The van der Waals surface area contributed by atoms with Crippen LogP contribution in [0.5, 0.6) is 0 Å². The number of unbranched alkanes of at least 4 members (excludes halogenated alkanes) is 1. The minimum atomic E-state index is -0.0566. The highest BCUT2D eigenvalue weighted by Crippen LogP contribution is 2.17. The standard InChI is InChI=1S/C15H34N2O/c1-5-9-12-17(8-4)13-10-11-15(6-2,14-18)16-7-3/h16,18H,5-14H2,1-4H3. The van der Waals surface area contributed by atoms with E-state index in [1.807, 2.05) is 0 Å². The summed E-state index contributed by atoms with van der Waals surface area (Å²) >= 11 is 0. The van der Waals surface area contributed by atoms with Gasteiger partial charge in [0.05, 0.1) is 6.61 Å². The second kappa shape index (κ2) is 10.8. The van der Waals surface area contributed by atoms with E-state index in [1.54, 1.807) is 0 Å². The summed E-state index contributed by atoms with van der Waals surface area (Å²) in [5.74, 6) is 0. The van der Waals surface area contributed by atoms with Gasteiger partial charge in [-0.2, -0.15) is 0 Å². The number of nitrogens with zero attached hydrogens (tertiary/aromatic N) is 1. The molecule has 0 heterocycles. The third-order valence-corrected chi connectivity index (χ3v) is 3.94. The summed E-state index contributed by atoms with van der Waals surface area (Å²) in [6.45, 7) is 13.4. The molecule has 0 fully saturated rings. The fourth-order valence-corrected chi connectivity index (χ4v) is 2.46. The Morgan fingerprint density at radius 3 is 2.17 bits per heavy atom. The van der Waals surface area contributed by atoms with Crippen molar-refractivity contribution in [2.75, 3.05) is 32.8 Å². The number of aliphatic hydroxyl groups is 1. The minimum Gasteiger partial charge on any atom is -0.394 e. The van der Waals surface area contributed by atoms with E-state index in [2.05, 4.69) is 37.9 Å². The fourth-order valence-electron chi connectivity index (χ4n) is 2.46. The van der Waals surface area contributed by atoms with Gasteiger partial charge in [-0.1, -0.05) is 34.1 Å². The molecule has 0 saturated heterocycles. The van der Waals surface area contributed by atoms with Crippen molar-refractivity contribution in [3.05, 3.63) is 0 Å². The highest BCUT2D eigenvalue weighted by atomic mass is 16.3. The lowest BCUT2D eigenvalue weighted by molar-refractivity contribution is 0.140. The van der Waals surface area contributed by atoms with Crippen molar-refractivity contribution in [3.8, 4) is 0 Å². The summed E-state index contributed by atoms with van der Waals surface area (Å²) < 4.78 is 0. The molecule has 0 aliphatic rings. The van der Waals surface area contributed by atoms with Crippen LogP contribution in [0.3, 0.4) is 0 Å². The van der Waals surface area contributed by atoms with Gasteiger partial charge in [0.25, 0.3) is 0 Å². The van der Waals surface area contributed by atoms with Crippen LogP contribution >= 0.6 is 0 Å².